The van der Waals surface area contributed by atoms with E-state index >= 15 is 0 Å². The highest BCUT2D eigenvalue weighted by Gasteiger charge is 2.36. The number of rotatable bonds is 4. The molecule has 1 aromatic rings. The van der Waals surface area contributed by atoms with Crippen LogP contribution < -0.4 is 11.5 Å². The molecule has 1 amide bonds. The molecule has 18 heavy (non-hydrogen) atoms. The van der Waals surface area contributed by atoms with Gasteiger partial charge in [-0.1, -0.05) is 6.07 Å². The first-order valence-electron chi connectivity index (χ1n) is 5.08. The summed E-state index contributed by atoms with van der Waals surface area (Å²) in [5.41, 5.74) is 11.4. The Balaban J connectivity index is 2.72. The van der Waals surface area contributed by atoms with E-state index in [1.807, 2.05) is 0 Å². The van der Waals surface area contributed by atoms with Gasteiger partial charge in [-0.15, -0.1) is 0 Å². The molecule has 4 N–H and O–H groups in total. The molecule has 0 fully saturated rings. The number of primary amides is 1. The SMILES string of the molecule is CC(OCc1ccc(C(N)=O)cc1N)C(F)(F)F. The maximum atomic E-state index is 12.2. The first kappa shape index (κ1) is 14.3. The number of amides is 1. The van der Waals surface area contributed by atoms with Crippen LogP contribution in [0.5, 0.6) is 0 Å². The molecule has 0 aliphatic rings. The van der Waals surface area contributed by atoms with E-state index in [0.29, 0.717) is 5.56 Å². The second-order valence-corrected chi connectivity index (χ2v) is 3.77. The molecule has 100 valence electrons. The minimum absolute atomic E-state index is 0.167. The first-order chi connectivity index (χ1) is 8.21. The fourth-order valence-corrected chi connectivity index (χ4v) is 1.19. The number of nitrogen functional groups attached to an aromatic ring is 1. The fraction of sp³-hybridized carbons (Fsp3) is 0.364. The molecule has 0 bridgehead atoms. The number of hydrogen-bond acceptors (Lipinski definition) is 3. The van der Waals surface area contributed by atoms with Gasteiger partial charge < -0.3 is 16.2 Å². The van der Waals surface area contributed by atoms with Gasteiger partial charge in [-0.2, -0.15) is 13.2 Å². The predicted octanol–water partition coefficient (Wildman–Crippen LogP) is 1.84. The minimum Gasteiger partial charge on any atom is -0.398 e. The molecule has 0 aromatic heterocycles. The van der Waals surface area contributed by atoms with Gasteiger partial charge in [-0.25, -0.2) is 0 Å². The van der Waals surface area contributed by atoms with Gasteiger partial charge >= 0.3 is 6.18 Å². The topological polar surface area (TPSA) is 78.3 Å². The maximum absolute atomic E-state index is 12.2. The van der Waals surface area contributed by atoms with E-state index in [1.165, 1.54) is 18.2 Å². The molecule has 0 aliphatic heterocycles. The molecule has 1 aromatic carbocycles. The molecule has 4 nitrogen and oxygen atoms in total. The van der Waals surface area contributed by atoms with Gasteiger partial charge in [-0.05, 0) is 19.1 Å². The number of ether oxygens (including phenoxy) is 1. The molecule has 1 rings (SSSR count). The Bertz CT molecular complexity index is 446. The molecule has 7 heteroatoms. The molecule has 0 spiro atoms. The summed E-state index contributed by atoms with van der Waals surface area (Å²) in [4.78, 5) is 10.8. The quantitative estimate of drug-likeness (QED) is 0.812. The van der Waals surface area contributed by atoms with Crippen LogP contribution in [0.1, 0.15) is 22.8 Å². The van der Waals surface area contributed by atoms with Gasteiger partial charge in [0.2, 0.25) is 5.91 Å². The largest absolute Gasteiger partial charge is 0.414 e. The number of benzene rings is 1. The van der Waals surface area contributed by atoms with Gasteiger partial charge in [0.1, 0.15) is 0 Å². The lowest BCUT2D eigenvalue weighted by molar-refractivity contribution is -0.217. The zero-order valence-electron chi connectivity index (χ0n) is 9.62. The first-order valence-corrected chi connectivity index (χ1v) is 5.08. The van der Waals surface area contributed by atoms with Crippen molar-refractivity contribution < 1.29 is 22.7 Å². The zero-order valence-corrected chi connectivity index (χ0v) is 9.62. The van der Waals surface area contributed by atoms with Crippen LogP contribution in [0.25, 0.3) is 0 Å². The lowest BCUT2D eigenvalue weighted by Gasteiger charge is -2.17. The minimum atomic E-state index is -4.41. The molecule has 0 saturated carbocycles. The van der Waals surface area contributed by atoms with Crippen molar-refractivity contribution in [1.82, 2.24) is 0 Å². The molecular formula is C11H13F3N2O2. The third kappa shape index (κ3) is 3.63. The number of carbonyl (C=O) groups is 1. The third-order valence-corrected chi connectivity index (χ3v) is 2.38. The number of nitrogens with two attached hydrogens (primary N) is 2. The van der Waals surface area contributed by atoms with Gasteiger partial charge in [0.15, 0.2) is 6.10 Å². The highest BCUT2D eigenvalue weighted by Crippen LogP contribution is 2.24. The maximum Gasteiger partial charge on any atom is 0.414 e. The van der Waals surface area contributed by atoms with Gasteiger partial charge in [0.05, 0.1) is 6.61 Å². The van der Waals surface area contributed by atoms with Crippen LogP contribution in [-0.2, 0) is 11.3 Å². The zero-order chi connectivity index (χ0) is 13.9. The molecule has 0 radical (unpaired) electrons. The van der Waals surface area contributed by atoms with Crippen molar-refractivity contribution in [2.24, 2.45) is 5.73 Å². The number of alkyl halides is 3. The number of carbonyl (C=O) groups excluding carboxylic acids is 1. The summed E-state index contributed by atoms with van der Waals surface area (Å²) in [5, 5.41) is 0. The van der Waals surface area contributed by atoms with Crippen LogP contribution in [0, 0.1) is 0 Å². The second-order valence-electron chi connectivity index (χ2n) is 3.77. The summed E-state index contributed by atoms with van der Waals surface area (Å²) < 4.78 is 41.3. The van der Waals surface area contributed by atoms with Crippen molar-refractivity contribution in [3.63, 3.8) is 0 Å². The fourth-order valence-electron chi connectivity index (χ4n) is 1.19. The van der Waals surface area contributed by atoms with E-state index in [9.17, 15) is 18.0 Å². The van der Waals surface area contributed by atoms with Crippen molar-refractivity contribution in [3.05, 3.63) is 29.3 Å². The van der Waals surface area contributed by atoms with Crippen molar-refractivity contribution in [1.29, 1.82) is 0 Å². The van der Waals surface area contributed by atoms with Crippen LogP contribution >= 0.6 is 0 Å². The highest BCUT2D eigenvalue weighted by atomic mass is 19.4. The standard InChI is InChI=1S/C11H13F3N2O2/c1-6(11(12,13)14)18-5-8-3-2-7(10(16)17)4-9(8)15/h2-4,6H,5,15H2,1H3,(H2,16,17). The van der Waals surface area contributed by atoms with E-state index < -0.39 is 18.2 Å². The second kappa shape index (κ2) is 5.26. The lowest BCUT2D eigenvalue weighted by atomic mass is 10.1. The Morgan fingerprint density at radius 1 is 1.44 bits per heavy atom. The van der Waals surface area contributed by atoms with Crippen LogP contribution in [0.2, 0.25) is 0 Å². The summed E-state index contributed by atoms with van der Waals surface area (Å²) in [5.74, 6) is -0.655. The molecule has 0 aliphatic carbocycles. The van der Waals surface area contributed by atoms with Crippen LogP contribution in [0.4, 0.5) is 18.9 Å². The Morgan fingerprint density at radius 3 is 2.50 bits per heavy atom. The smallest absolute Gasteiger partial charge is 0.398 e. The van der Waals surface area contributed by atoms with Crippen molar-refractivity contribution in [2.75, 3.05) is 5.73 Å². The van der Waals surface area contributed by atoms with Gasteiger partial charge in [0, 0.05) is 16.8 Å². The van der Waals surface area contributed by atoms with E-state index in [4.69, 9.17) is 11.5 Å². The third-order valence-electron chi connectivity index (χ3n) is 2.38. The summed E-state index contributed by atoms with van der Waals surface area (Å²) in [6.45, 7) is 0.625. The van der Waals surface area contributed by atoms with E-state index in [1.54, 1.807) is 0 Å². The van der Waals surface area contributed by atoms with Crippen molar-refractivity contribution in [2.45, 2.75) is 25.8 Å². The van der Waals surface area contributed by atoms with Gasteiger partial charge in [0.25, 0.3) is 0 Å². The summed E-state index contributed by atoms with van der Waals surface area (Å²) in [7, 11) is 0. The van der Waals surface area contributed by atoms with E-state index in [-0.39, 0.29) is 17.9 Å². The van der Waals surface area contributed by atoms with Crippen LogP contribution in [0.15, 0.2) is 18.2 Å². The highest BCUT2D eigenvalue weighted by molar-refractivity contribution is 5.93. The normalized spacial score (nSPS) is 13.3. The monoisotopic (exact) mass is 262 g/mol. The molecule has 0 saturated heterocycles. The summed E-state index contributed by atoms with van der Waals surface area (Å²) >= 11 is 0. The predicted molar refractivity (Wildman–Crippen MR) is 59.7 cm³/mol. The Hall–Kier alpha value is -1.76. The van der Waals surface area contributed by atoms with E-state index in [0.717, 1.165) is 6.92 Å². The van der Waals surface area contributed by atoms with Crippen LogP contribution in [-0.4, -0.2) is 18.2 Å². The van der Waals surface area contributed by atoms with Crippen molar-refractivity contribution in [3.8, 4) is 0 Å². The Morgan fingerprint density at radius 2 is 2.06 bits per heavy atom. The Labute approximate surface area is 102 Å². The lowest BCUT2D eigenvalue weighted by Crippen LogP contribution is -2.28. The average Bonchev–Trinajstić information content (AvgIpc) is 2.25. The summed E-state index contributed by atoms with van der Waals surface area (Å²) in [6.07, 6.45) is -6.30. The van der Waals surface area contributed by atoms with Gasteiger partial charge in [-0.3, -0.25) is 4.79 Å². The molecular weight excluding hydrogens is 249 g/mol. The number of halogens is 3. The van der Waals surface area contributed by atoms with Crippen molar-refractivity contribution >= 4 is 11.6 Å². The Kier molecular flexibility index (Phi) is 4.18. The van der Waals surface area contributed by atoms with Crippen LogP contribution in [0.3, 0.4) is 0 Å². The van der Waals surface area contributed by atoms with E-state index in [2.05, 4.69) is 4.74 Å². The number of hydrogen-bond donors (Lipinski definition) is 2. The molecule has 1 unspecified atom stereocenters. The summed E-state index contributed by atoms with van der Waals surface area (Å²) in [6, 6.07) is 4.10. The molecule has 0 heterocycles. The number of anilines is 1. The average molecular weight is 262 g/mol. The molecule has 1 atom stereocenters.